The Balaban J connectivity index is 1.97. The molecule has 0 radical (unpaired) electrons. The highest BCUT2D eigenvalue weighted by Gasteiger charge is 2.23. The summed E-state index contributed by atoms with van der Waals surface area (Å²) in [6.07, 6.45) is 2.87. The van der Waals surface area contributed by atoms with Gasteiger partial charge in [-0.25, -0.2) is 0 Å². The molecule has 1 aliphatic heterocycles. The molecule has 1 unspecified atom stereocenters. The number of carbonyl (C=O) groups excluding carboxylic acids is 1. The molecule has 1 fully saturated rings. The Morgan fingerprint density at radius 1 is 1.41 bits per heavy atom. The van der Waals surface area contributed by atoms with E-state index in [1.165, 1.54) is 12.1 Å². The second-order valence-electron chi connectivity index (χ2n) is 5.23. The number of hydrogen-bond donors (Lipinski definition) is 2. The number of nitrogens with zero attached hydrogens (tertiary/aromatic N) is 1. The number of hydrogen-bond acceptors (Lipinski definition) is 4. The lowest BCUT2D eigenvalue weighted by Gasteiger charge is -2.33. The maximum atomic E-state index is 12.3. The fraction of sp³-hybridized carbons (Fsp3) is 0.533. The van der Waals surface area contributed by atoms with Crippen molar-refractivity contribution in [2.24, 2.45) is 0 Å². The van der Waals surface area contributed by atoms with Crippen LogP contribution in [-0.4, -0.2) is 48.3 Å². The average molecular weight is 314 g/mol. The molecular weight excluding hydrogens is 294 g/mol. The third kappa shape index (κ3) is 4.64. The Morgan fingerprint density at radius 2 is 2.18 bits per heavy atom. The maximum Gasteiger partial charge on any atom is 0.387 e. The molecule has 1 amide bonds. The number of alkyl halides is 2. The Labute approximate surface area is 127 Å². The minimum absolute atomic E-state index is 0.0123. The van der Waals surface area contributed by atoms with Gasteiger partial charge in [-0.15, -0.1) is 0 Å². The van der Waals surface area contributed by atoms with Gasteiger partial charge in [-0.1, -0.05) is 18.6 Å². The normalized spacial score (nSPS) is 19.2. The molecule has 0 bridgehead atoms. The lowest BCUT2D eigenvalue weighted by molar-refractivity contribution is -0.118. The van der Waals surface area contributed by atoms with Crippen LogP contribution in [-0.2, 0) is 4.79 Å². The van der Waals surface area contributed by atoms with E-state index >= 15 is 0 Å². The Hall–Kier alpha value is -1.73. The van der Waals surface area contributed by atoms with Gasteiger partial charge in [0.15, 0.2) is 0 Å². The number of rotatable bonds is 6. The van der Waals surface area contributed by atoms with Gasteiger partial charge in [-0.2, -0.15) is 8.78 Å². The van der Waals surface area contributed by atoms with E-state index in [0.29, 0.717) is 0 Å². The number of amides is 1. The highest BCUT2D eigenvalue weighted by molar-refractivity contribution is 5.93. The van der Waals surface area contributed by atoms with Crippen LogP contribution in [0.2, 0.25) is 0 Å². The van der Waals surface area contributed by atoms with E-state index in [-0.39, 0.29) is 36.5 Å². The summed E-state index contributed by atoms with van der Waals surface area (Å²) >= 11 is 0. The van der Waals surface area contributed by atoms with Gasteiger partial charge in [-0.3, -0.25) is 9.69 Å². The predicted octanol–water partition coefficient (Wildman–Crippen LogP) is 2.07. The number of benzene rings is 1. The van der Waals surface area contributed by atoms with E-state index < -0.39 is 6.61 Å². The van der Waals surface area contributed by atoms with Gasteiger partial charge in [0.25, 0.3) is 0 Å². The summed E-state index contributed by atoms with van der Waals surface area (Å²) in [7, 11) is 0. The number of aliphatic hydroxyl groups is 1. The lowest BCUT2D eigenvalue weighted by Crippen LogP contribution is -2.45. The third-order valence-corrected chi connectivity index (χ3v) is 3.68. The van der Waals surface area contributed by atoms with Crippen molar-refractivity contribution in [3.05, 3.63) is 24.3 Å². The van der Waals surface area contributed by atoms with Crippen molar-refractivity contribution >= 4 is 11.6 Å². The van der Waals surface area contributed by atoms with Gasteiger partial charge in [0.2, 0.25) is 5.91 Å². The third-order valence-electron chi connectivity index (χ3n) is 3.68. The highest BCUT2D eigenvalue weighted by Crippen LogP contribution is 2.25. The minimum atomic E-state index is -2.95. The van der Waals surface area contributed by atoms with Crippen LogP contribution in [0.3, 0.4) is 0 Å². The first-order chi connectivity index (χ1) is 10.6. The van der Waals surface area contributed by atoms with Crippen molar-refractivity contribution in [2.45, 2.75) is 31.9 Å². The molecule has 7 heteroatoms. The van der Waals surface area contributed by atoms with E-state index in [1.807, 2.05) is 4.90 Å². The summed E-state index contributed by atoms with van der Waals surface area (Å²) in [5.41, 5.74) is 0.213. The molecule has 1 atom stereocenters. The largest absolute Gasteiger partial charge is 0.433 e. The first-order valence-electron chi connectivity index (χ1n) is 7.28. The summed E-state index contributed by atoms with van der Waals surface area (Å²) in [5.74, 6) is -0.381. The molecule has 122 valence electrons. The molecule has 1 saturated heterocycles. The van der Waals surface area contributed by atoms with Gasteiger partial charge >= 0.3 is 6.61 Å². The first kappa shape index (κ1) is 16.6. The van der Waals surface area contributed by atoms with Crippen molar-refractivity contribution in [3.8, 4) is 5.75 Å². The van der Waals surface area contributed by atoms with Gasteiger partial charge in [0, 0.05) is 6.04 Å². The standard InChI is InChI=1S/C15H20F2N2O3/c16-15(17)22-13-7-2-1-6-12(13)18-14(21)9-19-8-4-3-5-11(19)10-20/h1-2,6-7,11,15,20H,3-5,8-10H2,(H,18,21). The van der Waals surface area contributed by atoms with Gasteiger partial charge in [-0.05, 0) is 31.5 Å². The van der Waals surface area contributed by atoms with Crippen molar-refractivity contribution < 1.29 is 23.4 Å². The van der Waals surface area contributed by atoms with E-state index in [9.17, 15) is 18.7 Å². The minimum Gasteiger partial charge on any atom is -0.433 e. The zero-order valence-corrected chi connectivity index (χ0v) is 12.2. The number of halogens is 2. The van der Waals surface area contributed by atoms with E-state index in [0.717, 1.165) is 25.8 Å². The van der Waals surface area contributed by atoms with Crippen LogP contribution >= 0.6 is 0 Å². The molecule has 2 rings (SSSR count). The van der Waals surface area contributed by atoms with Crippen LogP contribution in [0.15, 0.2) is 24.3 Å². The number of anilines is 1. The van der Waals surface area contributed by atoms with Gasteiger partial charge < -0.3 is 15.2 Å². The average Bonchev–Trinajstić information content (AvgIpc) is 2.49. The zero-order chi connectivity index (χ0) is 15.9. The number of ether oxygens (including phenoxy) is 1. The molecule has 22 heavy (non-hydrogen) atoms. The molecule has 1 aliphatic rings. The molecule has 1 aromatic rings. The molecule has 0 spiro atoms. The number of carbonyl (C=O) groups is 1. The molecule has 2 N–H and O–H groups in total. The summed E-state index contributed by atoms with van der Waals surface area (Å²) in [6.45, 7) is -2.07. The molecule has 1 heterocycles. The second-order valence-corrected chi connectivity index (χ2v) is 5.23. The van der Waals surface area contributed by atoms with Crippen LogP contribution in [0.1, 0.15) is 19.3 Å². The predicted molar refractivity (Wildman–Crippen MR) is 78.0 cm³/mol. The van der Waals surface area contributed by atoms with Crippen LogP contribution in [0.25, 0.3) is 0 Å². The summed E-state index contributed by atoms with van der Waals surface area (Å²) in [6, 6.07) is 6.05. The molecule has 0 saturated carbocycles. The van der Waals surface area contributed by atoms with Crippen molar-refractivity contribution in [3.63, 3.8) is 0 Å². The summed E-state index contributed by atoms with van der Waals surface area (Å²) < 4.78 is 29.1. The highest BCUT2D eigenvalue weighted by atomic mass is 19.3. The number of para-hydroxylation sites is 2. The lowest BCUT2D eigenvalue weighted by atomic mass is 10.0. The topological polar surface area (TPSA) is 61.8 Å². The quantitative estimate of drug-likeness (QED) is 0.844. The van der Waals surface area contributed by atoms with Crippen molar-refractivity contribution in [1.29, 1.82) is 0 Å². The Morgan fingerprint density at radius 3 is 2.91 bits per heavy atom. The second kappa shape index (κ2) is 8.05. The molecular formula is C15H20F2N2O3. The van der Waals surface area contributed by atoms with E-state index in [2.05, 4.69) is 10.1 Å². The first-order valence-corrected chi connectivity index (χ1v) is 7.28. The molecule has 0 aliphatic carbocycles. The van der Waals surface area contributed by atoms with Gasteiger partial charge in [0.1, 0.15) is 5.75 Å². The summed E-state index contributed by atoms with van der Waals surface area (Å²) in [4.78, 5) is 14.0. The smallest absolute Gasteiger partial charge is 0.387 e. The number of likely N-dealkylation sites (tertiary alicyclic amines) is 1. The van der Waals surface area contributed by atoms with E-state index in [4.69, 9.17) is 0 Å². The fourth-order valence-electron chi connectivity index (χ4n) is 2.62. The monoisotopic (exact) mass is 314 g/mol. The molecule has 1 aromatic carbocycles. The van der Waals surface area contributed by atoms with E-state index in [1.54, 1.807) is 12.1 Å². The maximum absolute atomic E-state index is 12.3. The number of aliphatic hydroxyl groups excluding tert-OH is 1. The molecule has 0 aromatic heterocycles. The zero-order valence-electron chi connectivity index (χ0n) is 12.2. The number of nitrogens with one attached hydrogen (secondary N) is 1. The van der Waals surface area contributed by atoms with Crippen LogP contribution in [0, 0.1) is 0 Å². The SMILES string of the molecule is O=C(CN1CCCCC1CO)Nc1ccccc1OC(F)F. The Bertz CT molecular complexity index is 499. The summed E-state index contributed by atoms with van der Waals surface area (Å²) in [5, 5.41) is 11.9. The van der Waals surface area contributed by atoms with Crippen molar-refractivity contribution in [1.82, 2.24) is 4.90 Å². The van der Waals surface area contributed by atoms with Crippen LogP contribution < -0.4 is 10.1 Å². The number of piperidine rings is 1. The van der Waals surface area contributed by atoms with Crippen LogP contribution in [0.4, 0.5) is 14.5 Å². The van der Waals surface area contributed by atoms with Crippen molar-refractivity contribution in [2.75, 3.05) is 25.0 Å². The molecule has 5 nitrogen and oxygen atoms in total. The van der Waals surface area contributed by atoms with Gasteiger partial charge in [0.05, 0.1) is 18.8 Å². The fourth-order valence-corrected chi connectivity index (χ4v) is 2.62. The Kier molecular flexibility index (Phi) is 6.09. The van der Waals surface area contributed by atoms with Crippen LogP contribution in [0.5, 0.6) is 5.75 Å².